The molecule has 0 spiro atoms. The lowest BCUT2D eigenvalue weighted by molar-refractivity contribution is -0.122. The van der Waals surface area contributed by atoms with Crippen LogP contribution < -0.4 is 16.0 Å². The summed E-state index contributed by atoms with van der Waals surface area (Å²) in [5.74, 6) is 0.0919. The molecule has 6 nitrogen and oxygen atoms in total. The zero-order valence-corrected chi connectivity index (χ0v) is 13.6. The van der Waals surface area contributed by atoms with E-state index >= 15 is 0 Å². The van der Waals surface area contributed by atoms with Crippen LogP contribution in [-0.4, -0.2) is 61.6 Å². The number of hydrogen-bond donors (Lipinski definition) is 3. The molecule has 0 saturated carbocycles. The van der Waals surface area contributed by atoms with E-state index in [0.29, 0.717) is 25.7 Å². The molecule has 2 rings (SSSR count). The van der Waals surface area contributed by atoms with Gasteiger partial charge in [0.25, 0.3) is 0 Å². The lowest BCUT2D eigenvalue weighted by Gasteiger charge is -2.31. The summed E-state index contributed by atoms with van der Waals surface area (Å²) in [4.78, 5) is 18.2. The van der Waals surface area contributed by atoms with Crippen molar-refractivity contribution >= 4 is 11.6 Å². The molecule has 1 amide bonds. The van der Waals surface area contributed by atoms with Crippen LogP contribution in [-0.2, 0) is 4.79 Å². The minimum Gasteiger partial charge on any atom is -0.383 e. The van der Waals surface area contributed by atoms with E-state index in [2.05, 4.69) is 25.8 Å². The van der Waals surface area contributed by atoms with E-state index in [1.165, 1.54) is 0 Å². The second-order valence-corrected chi connectivity index (χ2v) is 5.86. The summed E-state index contributed by atoms with van der Waals surface area (Å²) in [6, 6.07) is 2.46. The maximum Gasteiger partial charge on any atom is 0.234 e. The molecule has 1 aliphatic rings. The largest absolute Gasteiger partial charge is 0.383 e. The first-order chi connectivity index (χ1) is 10.7. The third kappa shape index (κ3) is 5.27. The molecule has 1 aromatic rings. The number of carbonyl (C=O) groups is 1. The van der Waals surface area contributed by atoms with Crippen molar-refractivity contribution in [2.75, 3.05) is 45.1 Å². The summed E-state index contributed by atoms with van der Waals surface area (Å²) < 4.78 is 0. The zero-order valence-electron chi connectivity index (χ0n) is 13.6. The summed E-state index contributed by atoms with van der Waals surface area (Å²) in [6.07, 6.45) is 5.83. The molecule has 22 heavy (non-hydrogen) atoms. The van der Waals surface area contributed by atoms with Gasteiger partial charge in [0.2, 0.25) is 5.91 Å². The molecule has 0 unspecified atom stereocenters. The van der Waals surface area contributed by atoms with Crippen LogP contribution >= 0.6 is 0 Å². The Bertz CT molecular complexity index is 473. The van der Waals surface area contributed by atoms with E-state index in [9.17, 15) is 4.79 Å². The van der Waals surface area contributed by atoms with Gasteiger partial charge in [-0.2, -0.15) is 0 Å². The lowest BCUT2D eigenvalue weighted by atomic mass is 10.1. The van der Waals surface area contributed by atoms with Crippen LogP contribution in [0.15, 0.2) is 18.5 Å². The van der Waals surface area contributed by atoms with Crippen molar-refractivity contribution in [3.8, 4) is 0 Å². The van der Waals surface area contributed by atoms with Gasteiger partial charge in [-0.05, 0) is 51.5 Å². The summed E-state index contributed by atoms with van der Waals surface area (Å²) in [5.41, 5.74) is 2.18. The lowest BCUT2D eigenvalue weighted by Crippen LogP contribution is -2.45. The quantitative estimate of drug-likeness (QED) is 0.644. The van der Waals surface area contributed by atoms with E-state index in [1.54, 1.807) is 6.20 Å². The first-order valence-electron chi connectivity index (χ1n) is 7.99. The first-order valence-corrected chi connectivity index (χ1v) is 7.99. The molecule has 122 valence electrons. The fourth-order valence-corrected chi connectivity index (χ4v) is 2.73. The molecule has 0 bridgehead atoms. The van der Waals surface area contributed by atoms with Gasteiger partial charge in [-0.1, -0.05) is 0 Å². The highest BCUT2D eigenvalue weighted by Gasteiger charge is 2.19. The second kappa shape index (κ2) is 8.70. The number of rotatable bonds is 7. The number of hydrogen-bond acceptors (Lipinski definition) is 5. The Morgan fingerprint density at radius 3 is 2.91 bits per heavy atom. The number of pyridine rings is 1. The van der Waals surface area contributed by atoms with Crippen molar-refractivity contribution in [1.29, 1.82) is 0 Å². The maximum atomic E-state index is 12.0. The molecule has 3 N–H and O–H groups in total. The van der Waals surface area contributed by atoms with E-state index in [-0.39, 0.29) is 5.91 Å². The summed E-state index contributed by atoms with van der Waals surface area (Å²) in [7, 11) is 2.04. The highest BCUT2D eigenvalue weighted by molar-refractivity contribution is 5.78. The maximum absolute atomic E-state index is 12.0. The molecule has 1 saturated heterocycles. The number of aryl methyl sites for hydroxylation is 1. The average Bonchev–Trinajstić information content (AvgIpc) is 2.54. The number of anilines is 1. The number of nitrogens with one attached hydrogen (secondary N) is 3. The molecule has 2 heterocycles. The fourth-order valence-electron chi connectivity index (χ4n) is 2.73. The average molecular weight is 305 g/mol. The van der Waals surface area contributed by atoms with Gasteiger partial charge in [0.15, 0.2) is 0 Å². The highest BCUT2D eigenvalue weighted by Crippen LogP contribution is 2.10. The van der Waals surface area contributed by atoms with Crippen molar-refractivity contribution in [1.82, 2.24) is 20.5 Å². The van der Waals surface area contributed by atoms with Gasteiger partial charge in [-0.25, -0.2) is 0 Å². The first kappa shape index (κ1) is 16.7. The second-order valence-electron chi connectivity index (χ2n) is 5.86. The normalized spacial score (nSPS) is 15.8. The Labute approximate surface area is 132 Å². The molecule has 0 radical (unpaired) electrons. The molecule has 0 aromatic carbocycles. The number of piperidine rings is 1. The Morgan fingerprint density at radius 2 is 2.18 bits per heavy atom. The Balaban J connectivity index is 1.62. The number of aromatic nitrogens is 1. The number of carbonyl (C=O) groups excluding carboxylic acids is 1. The van der Waals surface area contributed by atoms with Gasteiger partial charge in [0.05, 0.1) is 6.54 Å². The van der Waals surface area contributed by atoms with Gasteiger partial charge >= 0.3 is 0 Å². The fraction of sp³-hybridized carbons (Fsp3) is 0.625. The predicted molar refractivity (Wildman–Crippen MR) is 89.0 cm³/mol. The summed E-state index contributed by atoms with van der Waals surface area (Å²) in [6.45, 7) is 5.92. The molecular formula is C16H27N5O. The molecule has 0 aliphatic carbocycles. The van der Waals surface area contributed by atoms with Crippen LogP contribution in [0.1, 0.15) is 18.4 Å². The molecule has 1 aromatic heterocycles. The monoisotopic (exact) mass is 305 g/mol. The smallest absolute Gasteiger partial charge is 0.234 e. The Hall–Kier alpha value is -1.66. The van der Waals surface area contributed by atoms with Crippen LogP contribution in [0.25, 0.3) is 0 Å². The van der Waals surface area contributed by atoms with Gasteiger partial charge in [-0.3, -0.25) is 14.7 Å². The molecule has 1 aliphatic heterocycles. The van der Waals surface area contributed by atoms with E-state index in [4.69, 9.17) is 0 Å². The molecule has 0 atom stereocenters. The molecular weight excluding hydrogens is 278 g/mol. The van der Waals surface area contributed by atoms with E-state index in [0.717, 1.165) is 37.2 Å². The van der Waals surface area contributed by atoms with Crippen LogP contribution in [0.5, 0.6) is 0 Å². The number of nitrogens with zero attached hydrogens (tertiary/aromatic N) is 2. The van der Waals surface area contributed by atoms with Gasteiger partial charge in [-0.15, -0.1) is 0 Å². The number of likely N-dealkylation sites (N-methyl/N-ethyl adjacent to an activating group) is 1. The highest BCUT2D eigenvalue weighted by atomic mass is 16.2. The van der Waals surface area contributed by atoms with Gasteiger partial charge < -0.3 is 16.0 Å². The third-order valence-corrected chi connectivity index (χ3v) is 4.11. The van der Waals surface area contributed by atoms with Crippen LogP contribution in [0.3, 0.4) is 0 Å². The summed E-state index contributed by atoms with van der Waals surface area (Å²) >= 11 is 0. The Kier molecular flexibility index (Phi) is 6.61. The minimum absolute atomic E-state index is 0.0919. The van der Waals surface area contributed by atoms with Crippen molar-refractivity contribution in [2.24, 2.45) is 0 Å². The van der Waals surface area contributed by atoms with Crippen molar-refractivity contribution in [3.63, 3.8) is 0 Å². The minimum atomic E-state index is 0.0919. The van der Waals surface area contributed by atoms with Gasteiger partial charge in [0, 0.05) is 37.2 Å². The van der Waals surface area contributed by atoms with Gasteiger partial charge in [0.1, 0.15) is 0 Å². The van der Waals surface area contributed by atoms with Crippen molar-refractivity contribution in [3.05, 3.63) is 24.0 Å². The van der Waals surface area contributed by atoms with Crippen LogP contribution in [0, 0.1) is 6.92 Å². The molecule has 1 fully saturated rings. The zero-order chi connectivity index (χ0) is 15.8. The summed E-state index contributed by atoms with van der Waals surface area (Å²) in [5, 5.41) is 9.62. The molecule has 6 heteroatoms. The number of amides is 1. The van der Waals surface area contributed by atoms with Crippen LogP contribution in [0.4, 0.5) is 5.69 Å². The SMILES string of the molecule is Cc1cnccc1NCCNC(=O)CN(C)C1CCNCC1. The third-order valence-electron chi connectivity index (χ3n) is 4.11. The standard InChI is InChI=1S/C16H27N5O/c1-13-11-18-8-5-15(13)19-9-10-20-16(22)12-21(2)14-3-6-17-7-4-14/h5,8,11,14,17H,3-4,6-7,9-10,12H2,1-2H3,(H,18,19)(H,20,22). The predicted octanol–water partition coefficient (Wildman–Crippen LogP) is 0.602. The Morgan fingerprint density at radius 1 is 1.41 bits per heavy atom. The van der Waals surface area contributed by atoms with Crippen molar-refractivity contribution in [2.45, 2.75) is 25.8 Å². The van der Waals surface area contributed by atoms with E-state index in [1.807, 2.05) is 26.2 Å². The topological polar surface area (TPSA) is 69.3 Å². The van der Waals surface area contributed by atoms with E-state index < -0.39 is 0 Å². The van der Waals surface area contributed by atoms with Crippen molar-refractivity contribution < 1.29 is 4.79 Å². The van der Waals surface area contributed by atoms with Crippen LogP contribution in [0.2, 0.25) is 0 Å².